The number of carbonyl (C=O) groups is 2. The number of nitrogens with two attached hydrogens (primary N) is 1. The minimum atomic E-state index is -0.678. The van der Waals surface area contributed by atoms with Crippen LogP contribution in [0.4, 0.5) is 0 Å². The second-order valence-electron chi connectivity index (χ2n) is 6.47. The Morgan fingerprint density at radius 2 is 2.04 bits per heavy atom. The number of hydrogen-bond acceptors (Lipinski definition) is 4. The number of hydrogen-bond donors (Lipinski definition) is 2. The van der Waals surface area contributed by atoms with E-state index < -0.39 is 12.1 Å². The van der Waals surface area contributed by atoms with Gasteiger partial charge in [0.05, 0.1) is 6.04 Å². The molecule has 0 bridgehead atoms. The Labute approximate surface area is 148 Å². The lowest BCUT2D eigenvalue weighted by atomic mass is 10.0. The molecule has 0 saturated carbocycles. The molecule has 0 aliphatic carbocycles. The van der Waals surface area contributed by atoms with E-state index in [0.29, 0.717) is 13.0 Å². The SMILES string of the molecule is C[C@H]1C(=O)N2CCC[C@@H]2CN1C(=O)[C@H](N)Cc1ccc(O)cc1.Cl. The maximum Gasteiger partial charge on any atom is 0.245 e. The molecule has 2 heterocycles. The number of halogens is 1. The molecule has 7 heteroatoms. The van der Waals surface area contributed by atoms with Gasteiger partial charge in [0.1, 0.15) is 11.8 Å². The number of fused-ring (bicyclic) bond motifs is 1. The summed E-state index contributed by atoms with van der Waals surface area (Å²) in [6.45, 7) is 3.16. The summed E-state index contributed by atoms with van der Waals surface area (Å²) in [7, 11) is 0. The smallest absolute Gasteiger partial charge is 0.245 e. The van der Waals surface area contributed by atoms with E-state index in [4.69, 9.17) is 5.73 Å². The summed E-state index contributed by atoms with van der Waals surface area (Å²) >= 11 is 0. The molecule has 2 aliphatic rings. The van der Waals surface area contributed by atoms with Crippen LogP contribution in [0.5, 0.6) is 5.75 Å². The number of aromatic hydroxyl groups is 1. The Morgan fingerprint density at radius 3 is 2.71 bits per heavy atom. The summed E-state index contributed by atoms with van der Waals surface area (Å²) in [5, 5.41) is 9.31. The molecule has 3 atom stereocenters. The molecule has 3 rings (SSSR count). The molecule has 2 fully saturated rings. The normalized spacial score (nSPS) is 24.3. The predicted molar refractivity (Wildman–Crippen MR) is 92.9 cm³/mol. The highest BCUT2D eigenvalue weighted by Gasteiger charge is 2.42. The average Bonchev–Trinajstić information content (AvgIpc) is 3.01. The number of piperazine rings is 1. The molecule has 1 aromatic carbocycles. The van der Waals surface area contributed by atoms with Crippen molar-refractivity contribution in [2.45, 2.75) is 44.3 Å². The van der Waals surface area contributed by atoms with Gasteiger partial charge in [-0.3, -0.25) is 9.59 Å². The van der Waals surface area contributed by atoms with Crippen LogP contribution in [0.1, 0.15) is 25.3 Å². The van der Waals surface area contributed by atoms with Gasteiger partial charge in [-0.1, -0.05) is 12.1 Å². The first kappa shape index (κ1) is 18.5. The fraction of sp³-hybridized carbons (Fsp3) is 0.529. The van der Waals surface area contributed by atoms with Crippen molar-refractivity contribution >= 4 is 24.2 Å². The van der Waals surface area contributed by atoms with Gasteiger partial charge in [-0.25, -0.2) is 0 Å². The molecule has 6 nitrogen and oxygen atoms in total. The van der Waals surface area contributed by atoms with Crippen LogP contribution in [-0.2, 0) is 16.0 Å². The first-order chi connectivity index (χ1) is 11.0. The van der Waals surface area contributed by atoms with Gasteiger partial charge in [-0.15, -0.1) is 12.4 Å². The molecule has 2 saturated heterocycles. The monoisotopic (exact) mass is 353 g/mol. The van der Waals surface area contributed by atoms with Crippen molar-refractivity contribution in [3.63, 3.8) is 0 Å². The first-order valence-corrected chi connectivity index (χ1v) is 8.12. The zero-order valence-electron chi connectivity index (χ0n) is 13.7. The largest absolute Gasteiger partial charge is 0.508 e. The molecule has 132 valence electrons. The maximum absolute atomic E-state index is 12.7. The minimum Gasteiger partial charge on any atom is -0.508 e. The predicted octanol–water partition coefficient (Wildman–Crippen LogP) is 0.906. The van der Waals surface area contributed by atoms with Crippen LogP contribution >= 0.6 is 12.4 Å². The Bertz CT molecular complexity index is 608. The molecule has 0 radical (unpaired) electrons. The van der Waals surface area contributed by atoms with Crippen molar-refractivity contribution in [1.29, 1.82) is 0 Å². The first-order valence-electron chi connectivity index (χ1n) is 8.12. The van der Waals surface area contributed by atoms with Gasteiger partial charge in [-0.2, -0.15) is 0 Å². The number of rotatable bonds is 3. The van der Waals surface area contributed by atoms with Gasteiger partial charge in [0, 0.05) is 19.1 Å². The Hall–Kier alpha value is -1.79. The highest BCUT2D eigenvalue weighted by molar-refractivity contribution is 5.91. The van der Waals surface area contributed by atoms with Gasteiger partial charge in [0.25, 0.3) is 0 Å². The standard InChI is InChI=1S/C17H23N3O3.ClH/c1-11-16(22)19-8-2-3-13(19)10-20(11)17(23)15(18)9-12-4-6-14(21)7-5-12;/h4-7,11,13,15,21H,2-3,8-10,18H2,1H3;1H/t11-,13+,15+;/m0./s1. The van der Waals surface area contributed by atoms with Crippen LogP contribution in [0.2, 0.25) is 0 Å². The van der Waals surface area contributed by atoms with E-state index in [1.807, 2.05) is 4.90 Å². The maximum atomic E-state index is 12.7. The van der Waals surface area contributed by atoms with Crippen molar-refractivity contribution in [3.8, 4) is 5.75 Å². The Balaban J connectivity index is 0.00000208. The van der Waals surface area contributed by atoms with Crippen LogP contribution in [0.15, 0.2) is 24.3 Å². The fourth-order valence-electron chi connectivity index (χ4n) is 3.54. The number of carbonyl (C=O) groups excluding carboxylic acids is 2. The molecule has 3 N–H and O–H groups in total. The van der Waals surface area contributed by atoms with E-state index in [2.05, 4.69) is 0 Å². The summed E-state index contributed by atoms with van der Waals surface area (Å²) in [6, 6.07) is 5.69. The molecular weight excluding hydrogens is 330 g/mol. The quantitative estimate of drug-likeness (QED) is 0.845. The highest BCUT2D eigenvalue weighted by Crippen LogP contribution is 2.26. The Morgan fingerprint density at radius 1 is 1.38 bits per heavy atom. The second kappa shape index (κ2) is 7.40. The zero-order chi connectivity index (χ0) is 16.6. The van der Waals surface area contributed by atoms with Crippen LogP contribution in [0, 0.1) is 0 Å². The van der Waals surface area contributed by atoms with E-state index in [1.54, 1.807) is 36.1 Å². The molecule has 24 heavy (non-hydrogen) atoms. The van der Waals surface area contributed by atoms with Crippen molar-refractivity contribution in [1.82, 2.24) is 9.80 Å². The van der Waals surface area contributed by atoms with E-state index in [9.17, 15) is 14.7 Å². The topological polar surface area (TPSA) is 86.9 Å². The third kappa shape index (κ3) is 3.49. The summed E-state index contributed by atoms with van der Waals surface area (Å²) in [4.78, 5) is 28.6. The summed E-state index contributed by atoms with van der Waals surface area (Å²) in [5.74, 6) is 0.0413. The molecule has 0 aromatic heterocycles. The molecule has 0 unspecified atom stereocenters. The summed E-state index contributed by atoms with van der Waals surface area (Å²) in [6.07, 6.45) is 2.35. The lowest BCUT2D eigenvalue weighted by Crippen LogP contribution is -2.62. The van der Waals surface area contributed by atoms with Crippen molar-refractivity contribution < 1.29 is 14.7 Å². The Kier molecular flexibility index (Phi) is 5.72. The third-order valence-corrected chi connectivity index (χ3v) is 4.88. The second-order valence-corrected chi connectivity index (χ2v) is 6.47. The molecule has 0 spiro atoms. The molecule has 2 amide bonds. The molecular formula is C17H24ClN3O3. The summed E-state index contributed by atoms with van der Waals surface area (Å²) in [5.41, 5.74) is 6.98. The fourth-order valence-corrected chi connectivity index (χ4v) is 3.54. The zero-order valence-corrected chi connectivity index (χ0v) is 14.5. The van der Waals surface area contributed by atoms with Gasteiger partial charge >= 0.3 is 0 Å². The number of phenolic OH excluding ortho intramolecular Hbond substituents is 1. The molecule has 2 aliphatic heterocycles. The van der Waals surface area contributed by atoms with Crippen LogP contribution in [0.3, 0.4) is 0 Å². The number of benzene rings is 1. The number of amides is 2. The number of nitrogens with zero attached hydrogens (tertiary/aromatic N) is 2. The number of phenols is 1. The lowest BCUT2D eigenvalue weighted by Gasteiger charge is -2.42. The lowest BCUT2D eigenvalue weighted by molar-refractivity contribution is -0.153. The van der Waals surface area contributed by atoms with Gasteiger partial charge in [-0.05, 0) is 43.9 Å². The van der Waals surface area contributed by atoms with E-state index in [1.165, 1.54) is 0 Å². The van der Waals surface area contributed by atoms with Crippen LogP contribution in [-0.4, -0.2) is 57.9 Å². The van der Waals surface area contributed by atoms with Crippen LogP contribution < -0.4 is 5.73 Å². The highest BCUT2D eigenvalue weighted by atomic mass is 35.5. The minimum absolute atomic E-state index is 0. The average molecular weight is 354 g/mol. The summed E-state index contributed by atoms with van der Waals surface area (Å²) < 4.78 is 0. The third-order valence-electron chi connectivity index (χ3n) is 4.88. The van der Waals surface area contributed by atoms with Gasteiger partial charge in [0.2, 0.25) is 11.8 Å². The van der Waals surface area contributed by atoms with Crippen LogP contribution in [0.25, 0.3) is 0 Å². The van der Waals surface area contributed by atoms with E-state index in [0.717, 1.165) is 24.9 Å². The van der Waals surface area contributed by atoms with Crippen molar-refractivity contribution in [3.05, 3.63) is 29.8 Å². The van der Waals surface area contributed by atoms with E-state index in [-0.39, 0.29) is 36.0 Å². The van der Waals surface area contributed by atoms with Crippen molar-refractivity contribution in [2.75, 3.05) is 13.1 Å². The van der Waals surface area contributed by atoms with E-state index >= 15 is 0 Å². The molecule has 1 aromatic rings. The van der Waals surface area contributed by atoms with Gasteiger partial charge in [0.15, 0.2) is 0 Å². The van der Waals surface area contributed by atoms with Crippen molar-refractivity contribution in [2.24, 2.45) is 5.73 Å². The van der Waals surface area contributed by atoms with Gasteiger partial charge < -0.3 is 20.6 Å².